The van der Waals surface area contributed by atoms with Gasteiger partial charge in [-0.15, -0.1) is 12.4 Å². The molecule has 1 rings (SSSR count). The molecule has 0 saturated heterocycles. The molecule has 0 aliphatic carbocycles. The molecule has 9 heavy (non-hydrogen) atoms. The van der Waals surface area contributed by atoms with E-state index in [1.807, 2.05) is 0 Å². The molecular formula is C4H8ClNO2S. The molecule has 2 N–H and O–H groups in total. The second kappa shape index (κ2) is 2.68. The molecule has 1 aliphatic rings. The molecule has 0 aromatic heterocycles. The van der Waals surface area contributed by atoms with Crippen molar-refractivity contribution < 1.29 is 8.42 Å². The first-order valence-corrected chi connectivity index (χ1v) is 3.98. The van der Waals surface area contributed by atoms with E-state index in [4.69, 9.17) is 5.73 Å². The van der Waals surface area contributed by atoms with E-state index >= 15 is 0 Å². The van der Waals surface area contributed by atoms with Gasteiger partial charge in [-0.05, 0) is 0 Å². The highest BCUT2D eigenvalue weighted by atomic mass is 35.5. The Hall–Kier alpha value is -0.0600. The molecule has 0 radical (unpaired) electrons. The summed E-state index contributed by atoms with van der Waals surface area (Å²) in [6, 6.07) is -0.278. The predicted molar refractivity (Wildman–Crippen MR) is 38.2 cm³/mol. The van der Waals surface area contributed by atoms with E-state index in [-0.39, 0.29) is 24.2 Å². The highest BCUT2D eigenvalue weighted by molar-refractivity contribution is 7.94. The topological polar surface area (TPSA) is 60.2 Å². The van der Waals surface area contributed by atoms with Gasteiger partial charge in [0.25, 0.3) is 0 Å². The van der Waals surface area contributed by atoms with Crippen LogP contribution >= 0.6 is 12.4 Å². The Morgan fingerprint density at radius 2 is 2.11 bits per heavy atom. The monoisotopic (exact) mass is 169 g/mol. The molecule has 1 aliphatic heterocycles. The van der Waals surface area contributed by atoms with E-state index in [0.717, 1.165) is 5.41 Å². The van der Waals surface area contributed by atoms with Crippen LogP contribution in [0.4, 0.5) is 0 Å². The minimum atomic E-state index is -2.90. The molecule has 0 saturated carbocycles. The van der Waals surface area contributed by atoms with E-state index in [9.17, 15) is 8.42 Å². The minimum absolute atomic E-state index is 0. The molecule has 1 atom stereocenters. The number of sulfone groups is 1. The fourth-order valence-corrected chi connectivity index (χ4v) is 1.80. The van der Waals surface area contributed by atoms with Crippen LogP contribution in [0.3, 0.4) is 0 Å². The summed E-state index contributed by atoms with van der Waals surface area (Å²) in [5.41, 5.74) is 5.24. The molecular weight excluding hydrogens is 162 g/mol. The summed E-state index contributed by atoms with van der Waals surface area (Å²) in [4.78, 5) is 0. The standard InChI is InChI=1S/C4H7NO2S.ClH/c5-4-1-2-8(6,7)3-4;/h1-2,4H,3,5H2;1H/t4-;/m0./s1. The van der Waals surface area contributed by atoms with Gasteiger partial charge < -0.3 is 5.73 Å². The van der Waals surface area contributed by atoms with Gasteiger partial charge in [0, 0.05) is 11.4 Å². The average Bonchev–Trinajstić information content (AvgIpc) is 1.82. The van der Waals surface area contributed by atoms with E-state index in [0.29, 0.717) is 0 Å². The maximum Gasteiger partial charge on any atom is 0.173 e. The van der Waals surface area contributed by atoms with Gasteiger partial charge in [-0.2, -0.15) is 0 Å². The van der Waals surface area contributed by atoms with Crippen molar-refractivity contribution in [1.29, 1.82) is 0 Å². The van der Waals surface area contributed by atoms with Crippen LogP contribution in [-0.4, -0.2) is 20.2 Å². The molecule has 0 fully saturated rings. The summed E-state index contributed by atoms with van der Waals surface area (Å²) in [5.74, 6) is 0.0764. The van der Waals surface area contributed by atoms with Crippen LogP contribution in [-0.2, 0) is 9.84 Å². The van der Waals surface area contributed by atoms with Gasteiger partial charge in [0.15, 0.2) is 9.84 Å². The maximum atomic E-state index is 10.5. The summed E-state index contributed by atoms with van der Waals surface area (Å²) < 4.78 is 20.9. The number of hydrogen-bond acceptors (Lipinski definition) is 3. The predicted octanol–water partition coefficient (Wildman–Crippen LogP) is -0.322. The molecule has 1 heterocycles. The van der Waals surface area contributed by atoms with Crippen LogP contribution < -0.4 is 5.73 Å². The van der Waals surface area contributed by atoms with Crippen LogP contribution in [0.5, 0.6) is 0 Å². The van der Waals surface area contributed by atoms with Crippen molar-refractivity contribution >= 4 is 22.2 Å². The van der Waals surface area contributed by atoms with Crippen LogP contribution in [0.15, 0.2) is 11.5 Å². The van der Waals surface area contributed by atoms with Gasteiger partial charge in [-0.1, -0.05) is 6.08 Å². The van der Waals surface area contributed by atoms with E-state index < -0.39 is 9.84 Å². The Bertz CT molecular complexity index is 209. The largest absolute Gasteiger partial charge is 0.324 e. The fraction of sp³-hybridized carbons (Fsp3) is 0.500. The molecule has 0 spiro atoms. The molecule has 3 nitrogen and oxygen atoms in total. The lowest BCUT2D eigenvalue weighted by molar-refractivity contribution is 0.604. The second-order valence-electron chi connectivity index (χ2n) is 1.82. The zero-order valence-electron chi connectivity index (χ0n) is 4.65. The third-order valence-corrected chi connectivity index (χ3v) is 2.38. The van der Waals surface area contributed by atoms with Crippen molar-refractivity contribution in [3.63, 3.8) is 0 Å². The Kier molecular flexibility index (Phi) is 2.66. The van der Waals surface area contributed by atoms with Crippen LogP contribution in [0.25, 0.3) is 0 Å². The van der Waals surface area contributed by atoms with Gasteiger partial charge in [0.05, 0.1) is 5.75 Å². The lowest BCUT2D eigenvalue weighted by atomic mass is 10.4. The van der Waals surface area contributed by atoms with E-state index in [1.54, 1.807) is 0 Å². The molecule has 0 aromatic rings. The smallest absolute Gasteiger partial charge is 0.173 e. The molecule has 0 bridgehead atoms. The second-order valence-corrected chi connectivity index (χ2v) is 3.75. The molecule has 0 amide bonds. The number of rotatable bonds is 0. The van der Waals surface area contributed by atoms with Crippen molar-refractivity contribution in [3.05, 3.63) is 11.5 Å². The normalized spacial score (nSPS) is 29.7. The van der Waals surface area contributed by atoms with Gasteiger partial charge in [-0.25, -0.2) is 8.42 Å². The summed E-state index contributed by atoms with van der Waals surface area (Å²) in [6.07, 6.45) is 1.50. The summed E-state index contributed by atoms with van der Waals surface area (Å²) in [7, 11) is -2.90. The summed E-state index contributed by atoms with van der Waals surface area (Å²) in [5, 5.41) is 1.16. The lowest BCUT2D eigenvalue weighted by Crippen LogP contribution is -2.20. The Labute approximate surface area is 60.3 Å². The zero-order valence-corrected chi connectivity index (χ0v) is 6.28. The molecule has 0 aromatic carbocycles. The molecule has 54 valence electrons. The van der Waals surface area contributed by atoms with Crippen LogP contribution in [0.1, 0.15) is 0 Å². The van der Waals surface area contributed by atoms with Crippen molar-refractivity contribution in [1.82, 2.24) is 0 Å². The Morgan fingerprint density at radius 3 is 2.22 bits per heavy atom. The highest BCUT2D eigenvalue weighted by Gasteiger charge is 2.16. The first-order chi connectivity index (χ1) is 3.60. The Balaban J connectivity index is 0.000000640. The van der Waals surface area contributed by atoms with Crippen molar-refractivity contribution in [2.75, 3.05) is 5.75 Å². The average molecular weight is 170 g/mol. The van der Waals surface area contributed by atoms with Crippen LogP contribution in [0, 0.1) is 0 Å². The summed E-state index contributed by atoms with van der Waals surface area (Å²) in [6.45, 7) is 0. The summed E-state index contributed by atoms with van der Waals surface area (Å²) >= 11 is 0. The number of nitrogens with two attached hydrogens (primary N) is 1. The van der Waals surface area contributed by atoms with Gasteiger partial charge in [-0.3, -0.25) is 0 Å². The molecule has 0 unspecified atom stereocenters. The van der Waals surface area contributed by atoms with Crippen molar-refractivity contribution in [3.8, 4) is 0 Å². The highest BCUT2D eigenvalue weighted by Crippen LogP contribution is 2.04. The third-order valence-electron chi connectivity index (χ3n) is 0.958. The SMILES string of the molecule is Cl.N[C@H]1C=CS(=O)(=O)C1. The van der Waals surface area contributed by atoms with Crippen LogP contribution in [0.2, 0.25) is 0 Å². The van der Waals surface area contributed by atoms with Gasteiger partial charge in [0.2, 0.25) is 0 Å². The quantitative estimate of drug-likeness (QED) is 0.541. The maximum absolute atomic E-state index is 10.5. The Morgan fingerprint density at radius 1 is 1.56 bits per heavy atom. The number of halogens is 1. The molecule has 5 heteroatoms. The lowest BCUT2D eigenvalue weighted by Gasteiger charge is -1.91. The third kappa shape index (κ3) is 2.34. The minimum Gasteiger partial charge on any atom is -0.324 e. The van der Waals surface area contributed by atoms with E-state index in [2.05, 4.69) is 0 Å². The van der Waals surface area contributed by atoms with E-state index in [1.165, 1.54) is 6.08 Å². The van der Waals surface area contributed by atoms with Crippen molar-refractivity contribution in [2.24, 2.45) is 5.73 Å². The van der Waals surface area contributed by atoms with Crippen molar-refractivity contribution in [2.45, 2.75) is 6.04 Å². The first-order valence-electron chi connectivity index (χ1n) is 2.27. The van der Waals surface area contributed by atoms with Gasteiger partial charge in [0.1, 0.15) is 0 Å². The zero-order chi connectivity index (χ0) is 6.20. The first kappa shape index (κ1) is 8.94. The number of hydrogen-bond donors (Lipinski definition) is 1. The fourth-order valence-electron chi connectivity index (χ4n) is 0.600. The van der Waals surface area contributed by atoms with Gasteiger partial charge >= 0.3 is 0 Å².